The maximum Gasteiger partial charge on any atom is 0.213 e. The molecule has 2 heterocycles. The molecule has 0 aliphatic carbocycles. The van der Waals surface area contributed by atoms with E-state index >= 15 is 0 Å². The lowest BCUT2D eigenvalue weighted by atomic mass is 9.95. The van der Waals surface area contributed by atoms with Gasteiger partial charge in [0.1, 0.15) is 5.75 Å². The van der Waals surface area contributed by atoms with Gasteiger partial charge in [-0.05, 0) is 30.5 Å². The van der Waals surface area contributed by atoms with Crippen LogP contribution in [-0.4, -0.2) is 10.7 Å². The lowest BCUT2D eigenvalue weighted by Gasteiger charge is -2.38. The second kappa shape index (κ2) is 6.25. The summed E-state index contributed by atoms with van der Waals surface area (Å²) in [5.41, 5.74) is 3.65. The molecular weight excluding hydrogens is 364 g/mol. The zero-order valence-corrected chi connectivity index (χ0v) is 15.5. The van der Waals surface area contributed by atoms with E-state index in [-0.39, 0.29) is 12.3 Å². The Morgan fingerprint density at radius 2 is 1.92 bits per heavy atom. The predicted octanol–water partition coefficient (Wildman–Crippen LogP) is 5.69. The van der Waals surface area contributed by atoms with Crippen molar-refractivity contribution in [2.24, 2.45) is 11.0 Å². The first-order chi connectivity index (χ1) is 11.6. The lowest BCUT2D eigenvalue weighted by molar-refractivity contribution is -0.0190. The van der Waals surface area contributed by atoms with Crippen LogP contribution in [0.5, 0.6) is 5.75 Å². The molecule has 0 amide bonds. The number of hydrazone groups is 1. The van der Waals surface area contributed by atoms with Gasteiger partial charge in [-0.1, -0.05) is 60.1 Å². The van der Waals surface area contributed by atoms with Crippen LogP contribution in [0.3, 0.4) is 0 Å². The van der Waals surface area contributed by atoms with Crippen LogP contribution in [0.2, 0.25) is 0 Å². The van der Waals surface area contributed by atoms with Crippen molar-refractivity contribution in [3.8, 4) is 5.75 Å². The van der Waals surface area contributed by atoms with E-state index in [9.17, 15) is 0 Å². The number of benzene rings is 2. The Hall–Kier alpha value is -1.81. The first-order valence-corrected chi connectivity index (χ1v) is 9.27. The van der Waals surface area contributed by atoms with Crippen molar-refractivity contribution in [1.82, 2.24) is 5.01 Å². The van der Waals surface area contributed by atoms with Crippen molar-refractivity contribution in [2.75, 3.05) is 0 Å². The van der Waals surface area contributed by atoms with E-state index in [1.165, 1.54) is 11.3 Å². The third-order valence-corrected chi connectivity index (χ3v) is 5.09. The largest absolute Gasteiger partial charge is 0.464 e. The molecule has 2 atom stereocenters. The Kier molecular flexibility index (Phi) is 4.09. The zero-order valence-electron chi connectivity index (χ0n) is 13.9. The van der Waals surface area contributed by atoms with Crippen molar-refractivity contribution in [3.05, 3.63) is 64.1 Å². The van der Waals surface area contributed by atoms with Gasteiger partial charge in [0.05, 0.1) is 6.04 Å². The van der Waals surface area contributed by atoms with E-state index in [2.05, 4.69) is 77.3 Å². The number of halogens is 1. The van der Waals surface area contributed by atoms with E-state index in [0.717, 1.165) is 28.6 Å². The molecule has 124 valence electrons. The maximum atomic E-state index is 6.33. The zero-order chi connectivity index (χ0) is 16.7. The average Bonchev–Trinajstić information content (AvgIpc) is 2.98. The second-order valence-corrected chi connectivity index (χ2v) is 7.84. The van der Waals surface area contributed by atoms with E-state index in [4.69, 9.17) is 9.84 Å². The van der Waals surface area contributed by atoms with Crippen molar-refractivity contribution in [1.29, 1.82) is 0 Å². The number of fused-ring (bicyclic) bond motifs is 3. The fourth-order valence-corrected chi connectivity index (χ4v) is 3.80. The van der Waals surface area contributed by atoms with Crippen LogP contribution in [0, 0.1) is 5.92 Å². The first-order valence-electron chi connectivity index (χ1n) is 8.47. The van der Waals surface area contributed by atoms with Crippen LogP contribution in [-0.2, 0) is 0 Å². The molecule has 0 saturated heterocycles. The van der Waals surface area contributed by atoms with Crippen molar-refractivity contribution >= 4 is 21.6 Å². The van der Waals surface area contributed by atoms with Crippen LogP contribution in [0.4, 0.5) is 0 Å². The summed E-state index contributed by atoms with van der Waals surface area (Å²) in [7, 11) is 0. The van der Waals surface area contributed by atoms with Gasteiger partial charge in [0.25, 0.3) is 0 Å². The van der Waals surface area contributed by atoms with E-state index in [0.29, 0.717) is 5.92 Å². The average molecular weight is 385 g/mol. The fourth-order valence-electron chi connectivity index (χ4n) is 3.54. The van der Waals surface area contributed by atoms with Gasteiger partial charge in [0.15, 0.2) is 0 Å². The maximum absolute atomic E-state index is 6.33. The Morgan fingerprint density at radius 3 is 2.67 bits per heavy atom. The van der Waals surface area contributed by atoms with Crippen LogP contribution >= 0.6 is 15.9 Å². The molecule has 2 aromatic rings. The molecule has 0 bridgehead atoms. The van der Waals surface area contributed by atoms with Crippen LogP contribution in [0.25, 0.3) is 0 Å². The summed E-state index contributed by atoms with van der Waals surface area (Å²) in [6.45, 7) is 4.49. The second-order valence-electron chi connectivity index (χ2n) is 6.92. The fraction of sp³-hybridized carbons (Fsp3) is 0.350. The molecule has 2 aliphatic heterocycles. The summed E-state index contributed by atoms with van der Waals surface area (Å²) < 4.78 is 7.40. The first kappa shape index (κ1) is 15.7. The molecule has 24 heavy (non-hydrogen) atoms. The monoisotopic (exact) mass is 384 g/mol. The number of para-hydroxylation sites is 1. The van der Waals surface area contributed by atoms with Gasteiger partial charge < -0.3 is 4.74 Å². The minimum Gasteiger partial charge on any atom is -0.464 e. The number of hydrogen-bond donors (Lipinski definition) is 0. The highest BCUT2D eigenvalue weighted by atomic mass is 79.9. The lowest BCUT2D eigenvalue weighted by Crippen LogP contribution is -2.33. The van der Waals surface area contributed by atoms with Crippen molar-refractivity contribution in [3.63, 3.8) is 0 Å². The van der Waals surface area contributed by atoms with Crippen LogP contribution in [0.15, 0.2) is 58.1 Å². The molecule has 2 unspecified atom stereocenters. The molecule has 0 aromatic heterocycles. The molecule has 2 aromatic carbocycles. The van der Waals surface area contributed by atoms with Gasteiger partial charge in [-0.2, -0.15) is 5.10 Å². The summed E-state index contributed by atoms with van der Waals surface area (Å²) in [6.07, 6.45) is 1.87. The summed E-state index contributed by atoms with van der Waals surface area (Å²) >= 11 is 3.51. The van der Waals surface area contributed by atoms with Gasteiger partial charge in [0, 0.05) is 27.7 Å². The Bertz CT molecular complexity index is 769. The third-order valence-electron chi connectivity index (χ3n) is 4.56. The summed E-state index contributed by atoms with van der Waals surface area (Å²) in [5.74, 6) is 1.60. The van der Waals surface area contributed by atoms with Gasteiger partial charge in [-0.15, -0.1) is 0 Å². The molecule has 4 heteroatoms. The van der Waals surface area contributed by atoms with Gasteiger partial charge in [-0.3, -0.25) is 0 Å². The van der Waals surface area contributed by atoms with Crippen LogP contribution < -0.4 is 4.74 Å². The molecule has 0 fully saturated rings. The Morgan fingerprint density at radius 1 is 1.17 bits per heavy atom. The number of ether oxygens (including phenoxy) is 1. The molecule has 3 nitrogen and oxygen atoms in total. The van der Waals surface area contributed by atoms with Crippen molar-refractivity contribution in [2.45, 2.75) is 39.0 Å². The molecule has 0 N–H and O–H groups in total. The molecule has 0 saturated carbocycles. The van der Waals surface area contributed by atoms with E-state index in [1.54, 1.807) is 0 Å². The number of rotatable bonds is 3. The summed E-state index contributed by atoms with van der Waals surface area (Å²) in [4.78, 5) is 0. The molecule has 2 aliphatic rings. The normalized spacial score (nSPS) is 22.0. The highest BCUT2D eigenvalue weighted by molar-refractivity contribution is 9.10. The van der Waals surface area contributed by atoms with Gasteiger partial charge >= 0.3 is 0 Å². The Labute approximate surface area is 151 Å². The topological polar surface area (TPSA) is 24.8 Å². The van der Waals surface area contributed by atoms with E-state index < -0.39 is 0 Å². The predicted molar refractivity (Wildman–Crippen MR) is 100 cm³/mol. The highest BCUT2D eigenvalue weighted by Gasteiger charge is 2.40. The highest BCUT2D eigenvalue weighted by Crippen LogP contribution is 2.47. The minimum atomic E-state index is -0.164. The van der Waals surface area contributed by atoms with Gasteiger partial charge in [-0.25, -0.2) is 5.01 Å². The smallest absolute Gasteiger partial charge is 0.213 e. The Balaban J connectivity index is 1.74. The minimum absolute atomic E-state index is 0.164. The van der Waals surface area contributed by atoms with Gasteiger partial charge in [0.2, 0.25) is 6.23 Å². The quantitative estimate of drug-likeness (QED) is 0.678. The molecular formula is C20H21BrN2O. The SMILES string of the molecule is CC(C)CC1=NN2C(C1)c1ccccc1OC2c1ccc(Br)cc1. The van der Waals surface area contributed by atoms with E-state index in [1.807, 2.05) is 6.07 Å². The summed E-state index contributed by atoms with van der Waals surface area (Å²) in [6, 6.07) is 17.0. The van der Waals surface area contributed by atoms with Crippen molar-refractivity contribution < 1.29 is 4.74 Å². The molecule has 0 spiro atoms. The third kappa shape index (κ3) is 2.84. The standard InChI is InChI=1S/C20H21BrN2O/c1-13(2)11-16-12-18-17-5-3-4-6-19(17)24-20(23(18)22-16)14-7-9-15(21)10-8-14/h3-10,13,18,20H,11-12H2,1-2H3. The number of hydrogen-bond acceptors (Lipinski definition) is 3. The van der Waals surface area contributed by atoms with Crippen LogP contribution in [0.1, 0.15) is 50.1 Å². The molecule has 4 rings (SSSR count). The molecule has 0 radical (unpaired) electrons. The summed E-state index contributed by atoms with van der Waals surface area (Å²) in [5, 5.41) is 7.10. The number of nitrogens with zero attached hydrogens (tertiary/aromatic N) is 2.